The number of para-hydroxylation sites is 1. The van der Waals surface area contributed by atoms with E-state index >= 15 is 0 Å². The van der Waals surface area contributed by atoms with Crippen LogP contribution in [0.2, 0.25) is 0 Å². The predicted molar refractivity (Wildman–Crippen MR) is 88.3 cm³/mol. The van der Waals surface area contributed by atoms with E-state index in [1.165, 1.54) is 0 Å². The topological polar surface area (TPSA) is 44.5 Å². The first-order valence-electron chi connectivity index (χ1n) is 6.22. The zero-order valence-corrected chi connectivity index (χ0v) is 14.0. The number of hydrogen-bond donors (Lipinski definition) is 1. The van der Waals surface area contributed by atoms with Crippen LogP contribution in [-0.4, -0.2) is 13.2 Å². The van der Waals surface area contributed by atoms with Crippen LogP contribution in [0.5, 0.6) is 11.5 Å². The molecule has 0 heterocycles. The molecule has 2 rings (SSSR count). The quantitative estimate of drug-likeness (QED) is 0.567. The Hall–Kier alpha value is -1.20. The van der Waals surface area contributed by atoms with E-state index in [9.17, 15) is 0 Å². The minimum atomic E-state index is 0.577. The Morgan fingerprint density at radius 3 is 2.15 bits per heavy atom. The molecule has 0 aliphatic rings. The molecular formula is C15H15Br2NO2. The largest absolute Gasteiger partial charge is 0.493 e. The van der Waals surface area contributed by atoms with Crippen molar-refractivity contribution in [2.24, 2.45) is 0 Å². The standard InChI is InChI=1S/C15H15Br2NO2/c16-13-9-11(18)10-14(17)15(13)20-8-4-7-19-12-5-2-1-3-6-12/h1-3,5-6,9-10H,4,7-8,18H2. The molecule has 0 saturated heterocycles. The number of ether oxygens (including phenoxy) is 2. The third kappa shape index (κ3) is 4.42. The molecule has 0 spiro atoms. The highest BCUT2D eigenvalue weighted by Crippen LogP contribution is 2.35. The van der Waals surface area contributed by atoms with Crippen LogP contribution in [0.3, 0.4) is 0 Å². The summed E-state index contributed by atoms with van der Waals surface area (Å²) in [5.41, 5.74) is 6.42. The summed E-state index contributed by atoms with van der Waals surface area (Å²) < 4.78 is 13.0. The highest BCUT2D eigenvalue weighted by Gasteiger charge is 2.07. The van der Waals surface area contributed by atoms with Crippen molar-refractivity contribution in [2.45, 2.75) is 6.42 Å². The molecule has 0 saturated carbocycles. The Kier molecular flexibility index (Phi) is 5.73. The Balaban J connectivity index is 1.76. The summed E-state index contributed by atoms with van der Waals surface area (Å²) in [5.74, 6) is 1.64. The molecule has 2 aromatic rings. The van der Waals surface area contributed by atoms with Crippen LogP contribution < -0.4 is 15.2 Å². The highest BCUT2D eigenvalue weighted by atomic mass is 79.9. The highest BCUT2D eigenvalue weighted by molar-refractivity contribution is 9.11. The number of hydrogen-bond acceptors (Lipinski definition) is 3. The van der Waals surface area contributed by atoms with E-state index in [4.69, 9.17) is 15.2 Å². The van der Waals surface area contributed by atoms with E-state index in [1.54, 1.807) is 0 Å². The van der Waals surface area contributed by atoms with Gasteiger partial charge in [0.05, 0.1) is 22.2 Å². The van der Waals surface area contributed by atoms with Crippen LogP contribution in [0.4, 0.5) is 5.69 Å². The molecule has 0 aromatic heterocycles. The van der Waals surface area contributed by atoms with Gasteiger partial charge in [-0.25, -0.2) is 0 Å². The molecule has 5 heteroatoms. The predicted octanol–water partition coefficient (Wildman–Crippen LogP) is 4.64. The van der Waals surface area contributed by atoms with Crippen molar-refractivity contribution < 1.29 is 9.47 Å². The molecule has 0 atom stereocenters. The molecule has 106 valence electrons. The van der Waals surface area contributed by atoms with Gasteiger partial charge in [0.1, 0.15) is 11.5 Å². The van der Waals surface area contributed by atoms with Gasteiger partial charge in [-0.15, -0.1) is 0 Å². The third-order valence-corrected chi connectivity index (χ3v) is 3.75. The molecule has 20 heavy (non-hydrogen) atoms. The number of nitrogens with two attached hydrogens (primary N) is 1. The van der Waals surface area contributed by atoms with Crippen LogP contribution in [0.25, 0.3) is 0 Å². The molecule has 0 radical (unpaired) electrons. The molecule has 0 unspecified atom stereocenters. The Morgan fingerprint density at radius 1 is 0.900 bits per heavy atom. The fraction of sp³-hybridized carbons (Fsp3) is 0.200. The van der Waals surface area contributed by atoms with Crippen molar-refractivity contribution in [3.8, 4) is 11.5 Å². The molecular weight excluding hydrogens is 386 g/mol. The van der Waals surface area contributed by atoms with E-state index in [2.05, 4.69) is 31.9 Å². The summed E-state index contributed by atoms with van der Waals surface area (Å²) in [5, 5.41) is 0. The zero-order chi connectivity index (χ0) is 14.4. The normalized spacial score (nSPS) is 10.3. The number of benzene rings is 2. The van der Waals surface area contributed by atoms with Gasteiger partial charge in [-0.3, -0.25) is 0 Å². The molecule has 2 aromatic carbocycles. The van der Waals surface area contributed by atoms with E-state index in [0.717, 1.165) is 26.9 Å². The third-order valence-electron chi connectivity index (χ3n) is 2.57. The van der Waals surface area contributed by atoms with Crippen molar-refractivity contribution in [3.05, 3.63) is 51.4 Å². The summed E-state index contributed by atoms with van der Waals surface area (Å²) in [6.45, 7) is 1.20. The molecule has 0 amide bonds. The molecule has 0 bridgehead atoms. The van der Waals surface area contributed by atoms with E-state index in [0.29, 0.717) is 18.9 Å². The summed E-state index contributed by atoms with van der Waals surface area (Å²) in [6, 6.07) is 13.4. The zero-order valence-electron chi connectivity index (χ0n) is 10.8. The second kappa shape index (κ2) is 7.55. The van der Waals surface area contributed by atoms with E-state index in [1.807, 2.05) is 42.5 Å². The lowest BCUT2D eigenvalue weighted by atomic mass is 10.3. The molecule has 0 aliphatic heterocycles. The second-order valence-corrected chi connectivity index (χ2v) is 5.89. The maximum absolute atomic E-state index is 5.73. The van der Waals surface area contributed by atoms with Crippen LogP contribution in [-0.2, 0) is 0 Å². The smallest absolute Gasteiger partial charge is 0.147 e. The van der Waals surface area contributed by atoms with E-state index in [-0.39, 0.29) is 0 Å². The lowest BCUT2D eigenvalue weighted by molar-refractivity contribution is 0.246. The summed E-state index contributed by atoms with van der Waals surface area (Å²) in [6.07, 6.45) is 0.804. The van der Waals surface area contributed by atoms with Gasteiger partial charge in [0.2, 0.25) is 0 Å². The Bertz CT molecular complexity index is 538. The fourth-order valence-electron chi connectivity index (χ4n) is 1.66. The van der Waals surface area contributed by atoms with Crippen molar-refractivity contribution in [2.75, 3.05) is 18.9 Å². The molecule has 0 fully saturated rings. The minimum Gasteiger partial charge on any atom is -0.493 e. The van der Waals surface area contributed by atoms with Crippen LogP contribution in [0.15, 0.2) is 51.4 Å². The SMILES string of the molecule is Nc1cc(Br)c(OCCCOc2ccccc2)c(Br)c1. The van der Waals surface area contributed by atoms with Crippen molar-refractivity contribution >= 4 is 37.5 Å². The van der Waals surface area contributed by atoms with Gasteiger partial charge >= 0.3 is 0 Å². The number of halogens is 2. The molecule has 2 N–H and O–H groups in total. The van der Waals surface area contributed by atoms with Gasteiger partial charge in [-0.1, -0.05) is 18.2 Å². The van der Waals surface area contributed by atoms with Crippen LogP contribution in [0, 0.1) is 0 Å². The van der Waals surface area contributed by atoms with Crippen molar-refractivity contribution in [1.29, 1.82) is 0 Å². The van der Waals surface area contributed by atoms with Gasteiger partial charge in [0.15, 0.2) is 0 Å². The first-order valence-corrected chi connectivity index (χ1v) is 7.80. The van der Waals surface area contributed by atoms with Crippen LogP contribution >= 0.6 is 31.9 Å². The Labute approximate surface area is 135 Å². The summed E-state index contributed by atoms with van der Waals surface area (Å²) >= 11 is 6.88. The van der Waals surface area contributed by atoms with Gasteiger partial charge in [0, 0.05) is 12.1 Å². The first-order chi connectivity index (χ1) is 9.66. The average Bonchev–Trinajstić information content (AvgIpc) is 2.42. The van der Waals surface area contributed by atoms with Crippen molar-refractivity contribution in [1.82, 2.24) is 0 Å². The number of rotatable bonds is 6. The van der Waals surface area contributed by atoms with Gasteiger partial charge in [-0.05, 0) is 56.1 Å². The Morgan fingerprint density at radius 2 is 1.50 bits per heavy atom. The average molecular weight is 401 g/mol. The molecule has 3 nitrogen and oxygen atoms in total. The maximum atomic E-state index is 5.73. The number of nitrogen functional groups attached to an aromatic ring is 1. The summed E-state index contributed by atoms with van der Waals surface area (Å²) in [7, 11) is 0. The first kappa shape index (κ1) is 15.2. The minimum absolute atomic E-state index is 0.577. The monoisotopic (exact) mass is 399 g/mol. The van der Waals surface area contributed by atoms with Crippen LogP contribution in [0.1, 0.15) is 6.42 Å². The lowest BCUT2D eigenvalue weighted by Gasteiger charge is -2.11. The second-order valence-electron chi connectivity index (χ2n) is 4.18. The van der Waals surface area contributed by atoms with Crippen molar-refractivity contribution in [3.63, 3.8) is 0 Å². The van der Waals surface area contributed by atoms with Gasteiger partial charge < -0.3 is 15.2 Å². The summed E-state index contributed by atoms with van der Waals surface area (Å²) in [4.78, 5) is 0. The van der Waals surface area contributed by atoms with Gasteiger partial charge in [0.25, 0.3) is 0 Å². The lowest BCUT2D eigenvalue weighted by Crippen LogP contribution is -2.05. The number of anilines is 1. The van der Waals surface area contributed by atoms with Gasteiger partial charge in [-0.2, -0.15) is 0 Å². The van der Waals surface area contributed by atoms with E-state index < -0.39 is 0 Å². The molecule has 0 aliphatic carbocycles. The fourth-order valence-corrected chi connectivity index (χ4v) is 3.11. The maximum Gasteiger partial charge on any atom is 0.147 e.